The van der Waals surface area contributed by atoms with E-state index in [0.29, 0.717) is 6.04 Å². The Bertz CT molecular complexity index is 428. The molecule has 1 fully saturated rings. The van der Waals surface area contributed by atoms with Gasteiger partial charge in [-0.2, -0.15) is 0 Å². The van der Waals surface area contributed by atoms with Gasteiger partial charge in [-0.3, -0.25) is 4.90 Å². The number of nitrogens with two attached hydrogens (primary N) is 1. The lowest BCUT2D eigenvalue weighted by Crippen LogP contribution is -2.52. The standard InChI is InChI=1S/C14H25N3OS.2ClH/c1-10(18-4)13-16-11(8-19-13)7-17-6-5-12(15)14(2,3)9-17;;/h8,10,12H,5-7,9,15H2,1-4H3;2*1H. The molecule has 21 heavy (non-hydrogen) atoms. The summed E-state index contributed by atoms with van der Waals surface area (Å²) in [6.07, 6.45) is 1.16. The van der Waals surface area contributed by atoms with Gasteiger partial charge in [0.15, 0.2) is 0 Å². The maximum Gasteiger partial charge on any atom is 0.122 e. The lowest BCUT2D eigenvalue weighted by molar-refractivity contribution is 0.0885. The molecule has 0 radical (unpaired) electrons. The fourth-order valence-electron chi connectivity index (χ4n) is 2.53. The number of thiazole rings is 1. The third-order valence-corrected chi connectivity index (χ3v) is 5.10. The number of aromatic nitrogens is 1. The van der Waals surface area contributed by atoms with Crippen LogP contribution < -0.4 is 5.73 Å². The number of methoxy groups -OCH3 is 1. The van der Waals surface area contributed by atoms with Crippen LogP contribution >= 0.6 is 36.2 Å². The lowest BCUT2D eigenvalue weighted by Gasteiger charge is -2.42. The smallest absolute Gasteiger partial charge is 0.122 e. The third-order valence-electron chi connectivity index (χ3n) is 4.05. The molecule has 0 saturated carbocycles. The Morgan fingerprint density at radius 3 is 2.76 bits per heavy atom. The molecule has 1 aromatic rings. The highest BCUT2D eigenvalue weighted by Gasteiger charge is 2.33. The molecule has 2 N–H and O–H groups in total. The second kappa shape index (κ2) is 8.65. The van der Waals surface area contributed by atoms with Crippen LogP contribution in [0.5, 0.6) is 0 Å². The normalized spacial score (nSPS) is 23.0. The Balaban J connectivity index is 0.00000200. The number of halogens is 2. The highest BCUT2D eigenvalue weighted by atomic mass is 35.5. The number of ether oxygens (including phenoxy) is 1. The zero-order valence-electron chi connectivity index (χ0n) is 13.2. The summed E-state index contributed by atoms with van der Waals surface area (Å²) in [5, 5.41) is 3.21. The van der Waals surface area contributed by atoms with E-state index < -0.39 is 0 Å². The van der Waals surface area contributed by atoms with Gasteiger partial charge in [0, 0.05) is 38.2 Å². The van der Waals surface area contributed by atoms with E-state index in [1.165, 1.54) is 0 Å². The fraction of sp³-hybridized carbons (Fsp3) is 0.786. The Hall–Kier alpha value is 0.0900. The van der Waals surface area contributed by atoms with Gasteiger partial charge >= 0.3 is 0 Å². The SMILES string of the molecule is COC(C)c1nc(CN2CCC(N)C(C)(C)C2)cs1.Cl.Cl. The minimum absolute atomic E-state index is 0. The van der Waals surface area contributed by atoms with E-state index >= 15 is 0 Å². The van der Waals surface area contributed by atoms with Crippen molar-refractivity contribution >= 4 is 36.2 Å². The first-order valence-electron chi connectivity index (χ1n) is 6.87. The van der Waals surface area contributed by atoms with Gasteiger partial charge in [0.1, 0.15) is 11.1 Å². The molecule has 7 heteroatoms. The van der Waals surface area contributed by atoms with E-state index in [4.69, 9.17) is 10.5 Å². The van der Waals surface area contributed by atoms with E-state index in [0.717, 1.165) is 36.8 Å². The molecule has 4 nitrogen and oxygen atoms in total. The van der Waals surface area contributed by atoms with Crippen molar-refractivity contribution in [3.8, 4) is 0 Å². The van der Waals surface area contributed by atoms with E-state index in [2.05, 4.69) is 29.1 Å². The van der Waals surface area contributed by atoms with E-state index in [-0.39, 0.29) is 36.3 Å². The molecule has 2 rings (SSSR count). The summed E-state index contributed by atoms with van der Waals surface area (Å²) in [6, 6.07) is 0.309. The number of likely N-dealkylation sites (tertiary alicyclic amines) is 1. The van der Waals surface area contributed by atoms with Crippen molar-refractivity contribution in [1.82, 2.24) is 9.88 Å². The number of nitrogens with zero attached hydrogens (tertiary/aromatic N) is 2. The van der Waals surface area contributed by atoms with Crippen molar-refractivity contribution < 1.29 is 4.74 Å². The first kappa shape index (κ1) is 21.1. The Labute approximate surface area is 144 Å². The van der Waals surface area contributed by atoms with E-state index in [9.17, 15) is 0 Å². The van der Waals surface area contributed by atoms with Crippen molar-refractivity contribution in [2.75, 3.05) is 20.2 Å². The van der Waals surface area contributed by atoms with Crippen LogP contribution in [0.3, 0.4) is 0 Å². The molecular formula is C14H27Cl2N3OS. The summed E-state index contributed by atoms with van der Waals surface area (Å²) in [7, 11) is 1.72. The van der Waals surface area contributed by atoms with Crippen LogP contribution in [0, 0.1) is 5.41 Å². The monoisotopic (exact) mass is 355 g/mol. The van der Waals surface area contributed by atoms with Crippen molar-refractivity contribution in [2.24, 2.45) is 11.1 Å². The molecule has 0 spiro atoms. The van der Waals surface area contributed by atoms with Gasteiger partial charge in [-0.15, -0.1) is 36.2 Å². The molecule has 1 aliphatic heterocycles. The van der Waals surface area contributed by atoms with E-state index in [1.807, 2.05) is 6.92 Å². The molecule has 0 aliphatic carbocycles. The molecule has 1 aliphatic rings. The first-order chi connectivity index (χ1) is 8.92. The number of rotatable bonds is 4. The van der Waals surface area contributed by atoms with Crippen LogP contribution in [0.15, 0.2) is 5.38 Å². The average Bonchev–Trinajstić information content (AvgIpc) is 2.81. The molecule has 2 atom stereocenters. The van der Waals surface area contributed by atoms with Crippen molar-refractivity contribution in [3.05, 3.63) is 16.1 Å². The van der Waals surface area contributed by atoms with Gasteiger partial charge in [-0.1, -0.05) is 13.8 Å². The minimum atomic E-state index is 0. The summed E-state index contributed by atoms with van der Waals surface area (Å²) in [6.45, 7) is 9.57. The van der Waals surface area contributed by atoms with Crippen LogP contribution in [0.4, 0.5) is 0 Å². The zero-order chi connectivity index (χ0) is 14.0. The summed E-state index contributed by atoms with van der Waals surface area (Å²) in [4.78, 5) is 7.12. The summed E-state index contributed by atoms with van der Waals surface area (Å²) < 4.78 is 5.30. The average molecular weight is 356 g/mol. The van der Waals surface area contributed by atoms with Crippen LogP contribution in [0.1, 0.15) is 44.0 Å². The van der Waals surface area contributed by atoms with Crippen molar-refractivity contribution in [2.45, 2.75) is 45.9 Å². The van der Waals surface area contributed by atoms with Gasteiger partial charge < -0.3 is 10.5 Å². The van der Waals surface area contributed by atoms with Gasteiger partial charge in [0.05, 0.1) is 5.69 Å². The predicted molar refractivity (Wildman–Crippen MR) is 93.7 cm³/mol. The predicted octanol–water partition coefficient (Wildman–Crippen LogP) is 3.25. The van der Waals surface area contributed by atoms with Crippen LogP contribution in [-0.2, 0) is 11.3 Å². The Morgan fingerprint density at radius 1 is 1.52 bits per heavy atom. The van der Waals surface area contributed by atoms with Crippen LogP contribution in [0.25, 0.3) is 0 Å². The first-order valence-corrected chi connectivity index (χ1v) is 7.75. The number of hydrogen-bond acceptors (Lipinski definition) is 5. The van der Waals surface area contributed by atoms with Gasteiger partial charge in [-0.05, 0) is 18.8 Å². The number of piperidine rings is 1. The lowest BCUT2D eigenvalue weighted by atomic mass is 9.80. The minimum Gasteiger partial charge on any atom is -0.375 e. The topological polar surface area (TPSA) is 51.4 Å². The molecule has 0 bridgehead atoms. The second-order valence-corrected chi connectivity index (χ2v) is 7.04. The quantitative estimate of drug-likeness (QED) is 0.900. The summed E-state index contributed by atoms with van der Waals surface area (Å²) in [5.41, 5.74) is 7.51. The molecule has 0 amide bonds. The molecule has 2 unspecified atom stereocenters. The molecule has 1 saturated heterocycles. The zero-order valence-corrected chi connectivity index (χ0v) is 15.6. The van der Waals surface area contributed by atoms with Gasteiger partial charge in [0.25, 0.3) is 0 Å². The molecule has 124 valence electrons. The summed E-state index contributed by atoms with van der Waals surface area (Å²) >= 11 is 1.68. The molecule has 1 aromatic heterocycles. The van der Waals surface area contributed by atoms with Crippen molar-refractivity contribution in [3.63, 3.8) is 0 Å². The molecular weight excluding hydrogens is 329 g/mol. The Kier molecular flexibility index (Phi) is 8.69. The highest BCUT2D eigenvalue weighted by Crippen LogP contribution is 2.29. The van der Waals surface area contributed by atoms with E-state index in [1.54, 1.807) is 18.4 Å². The summed E-state index contributed by atoms with van der Waals surface area (Å²) in [5.74, 6) is 0. The maximum atomic E-state index is 6.17. The largest absolute Gasteiger partial charge is 0.375 e. The highest BCUT2D eigenvalue weighted by molar-refractivity contribution is 7.09. The Morgan fingerprint density at radius 2 is 2.19 bits per heavy atom. The second-order valence-electron chi connectivity index (χ2n) is 6.15. The van der Waals surface area contributed by atoms with Gasteiger partial charge in [0.2, 0.25) is 0 Å². The van der Waals surface area contributed by atoms with Gasteiger partial charge in [-0.25, -0.2) is 4.98 Å². The molecule has 0 aromatic carbocycles. The third kappa shape index (κ3) is 5.34. The fourth-order valence-corrected chi connectivity index (χ4v) is 3.37. The van der Waals surface area contributed by atoms with Crippen LogP contribution in [-0.4, -0.2) is 36.1 Å². The number of hydrogen-bond donors (Lipinski definition) is 1. The maximum absolute atomic E-state index is 6.17. The van der Waals surface area contributed by atoms with Crippen LogP contribution in [0.2, 0.25) is 0 Å². The molecule has 2 heterocycles. The van der Waals surface area contributed by atoms with Crippen molar-refractivity contribution in [1.29, 1.82) is 0 Å².